The van der Waals surface area contributed by atoms with Gasteiger partial charge in [0.2, 0.25) is 0 Å². The van der Waals surface area contributed by atoms with Crippen molar-refractivity contribution >= 4 is 33.6 Å². The first-order valence-electron chi connectivity index (χ1n) is 4.13. The van der Waals surface area contributed by atoms with E-state index in [4.69, 9.17) is 4.74 Å². The highest BCUT2D eigenvalue weighted by Crippen LogP contribution is 2.37. The summed E-state index contributed by atoms with van der Waals surface area (Å²) in [6, 6.07) is 0. The Bertz CT molecular complexity index is 310. The van der Waals surface area contributed by atoms with Crippen molar-refractivity contribution in [1.29, 1.82) is 0 Å². The summed E-state index contributed by atoms with van der Waals surface area (Å²) in [5, 5.41) is 4.11. The first-order chi connectivity index (χ1) is 6.31. The minimum absolute atomic E-state index is 0.107. The number of carbonyl (C=O) groups excluding carboxylic acids is 1. The molecule has 0 amide bonds. The lowest BCUT2D eigenvalue weighted by atomic mass is 10.1. The first-order valence-corrected chi connectivity index (χ1v) is 5.87. The molecule has 2 atom stereocenters. The number of halogens is 1. The molecule has 4 heteroatoms. The molecule has 0 saturated carbocycles. The highest BCUT2D eigenvalue weighted by molar-refractivity contribution is 9.10. The van der Waals surface area contributed by atoms with Gasteiger partial charge in [-0.15, -0.1) is 0 Å². The smallest absolute Gasteiger partial charge is 0.148 e. The highest BCUT2D eigenvalue weighted by Gasteiger charge is 2.27. The van der Waals surface area contributed by atoms with Crippen LogP contribution in [0.3, 0.4) is 0 Å². The second-order valence-corrected chi connectivity index (χ2v) is 4.65. The molecule has 2 nitrogen and oxygen atoms in total. The van der Waals surface area contributed by atoms with Gasteiger partial charge >= 0.3 is 0 Å². The van der Waals surface area contributed by atoms with Crippen LogP contribution in [-0.2, 0) is 9.53 Å². The fourth-order valence-electron chi connectivity index (χ4n) is 1.51. The van der Waals surface area contributed by atoms with E-state index in [1.807, 2.05) is 5.38 Å². The number of aldehydes is 1. The Balaban J connectivity index is 2.12. The lowest BCUT2D eigenvalue weighted by Gasteiger charge is -2.08. The number of thiophene rings is 1. The van der Waals surface area contributed by atoms with E-state index in [1.54, 1.807) is 11.3 Å². The predicted molar refractivity (Wildman–Crippen MR) is 54.9 cm³/mol. The van der Waals surface area contributed by atoms with E-state index in [9.17, 15) is 4.79 Å². The van der Waals surface area contributed by atoms with Gasteiger partial charge in [-0.3, -0.25) is 0 Å². The molecule has 1 aliphatic heterocycles. The molecule has 1 fully saturated rings. The van der Waals surface area contributed by atoms with E-state index in [-0.39, 0.29) is 12.2 Å². The summed E-state index contributed by atoms with van der Waals surface area (Å²) in [5.41, 5.74) is 1.18. The molecule has 0 aliphatic carbocycles. The Morgan fingerprint density at radius 3 is 2.92 bits per heavy atom. The van der Waals surface area contributed by atoms with Crippen molar-refractivity contribution in [1.82, 2.24) is 0 Å². The van der Waals surface area contributed by atoms with Crippen LogP contribution in [0.25, 0.3) is 0 Å². The quantitative estimate of drug-likeness (QED) is 0.765. The van der Waals surface area contributed by atoms with Gasteiger partial charge in [0.05, 0.1) is 6.10 Å². The van der Waals surface area contributed by atoms with Crippen LogP contribution in [0.15, 0.2) is 15.2 Å². The molecular formula is C9H9BrO2S. The Morgan fingerprint density at radius 2 is 2.38 bits per heavy atom. The van der Waals surface area contributed by atoms with Crippen molar-refractivity contribution in [2.24, 2.45) is 0 Å². The number of rotatable bonds is 2. The van der Waals surface area contributed by atoms with E-state index < -0.39 is 0 Å². The molecule has 0 spiro atoms. The van der Waals surface area contributed by atoms with Crippen molar-refractivity contribution in [3.05, 3.63) is 20.8 Å². The van der Waals surface area contributed by atoms with Gasteiger partial charge in [0.15, 0.2) is 0 Å². The molecule has 1 aromatic rings. The van der Waals surface area contributed by atoms with Crippen molar-refractivity contribution in [2.75, 3.05) is 0 Å². The first kappa shape index (κ1) is 9.37. The number of carbonyl (C=O) groups is 1. The minimum atomic E-state index is -0.197. The average molecular weight is 261 g/mol. The molecule has 0 bridgehead atoms. The SMILES string of the molecule is O=CC1CCC(c2cscc2Br)O1. The lowest BCUT2D eigenvalue weighted by molar-refractivity contribution is -0.117. The van der Waals surface area contributed by atoms with Crippen LogP contribution in [0.4, 0.5) is 0 Å². The number of ether oxygens (including phenoxy) is 1. The van der Waals surface area contributed by atoms with E-state index in [0.717, 1.165) is 23.6 Å². The molecule has 2 rings (SSSR count). The topological polar surface area (TPSA) is 26.3 Å². The second kappa shape index (κ2) is 3.90. The molecule has 2 unspecified atom stereocenters. The summed E-state index contributed by atoms with van der Waals surface area (Å²) in [7, 11) is 0. The predicted octanol–water partition coefficient (Wildman–Crippen LogP) is 2.93. The fraction of sp³-hybridized carbons (Fsp3) is 0.444. The molecule has 70 valence electrons. The summed E-state index contributed by atoms with van der Waals surface area (Å²) in [4.78, 5) is 10.5. The Hall–Kier alpha value is -0.190. The molecule has 0 radical (unpaired) electrons. The highest BCUT2D eigenvalue weighted by atomic mass is 79.9. The normalized spacial score (nSPS) is 27.8. The third-order valence-electron chi connectivity index (χ3n) is 2.19. The molecule has 1 aliphatic rings. The maximum atomic E-state index is 10.5. The molecule has 1 aromatic heterocycles. The Labute approximate surface area is 89.0 Å². The zero-order chi connectivity index (χ0) is 9.26. The third-order valence-corrected chi connectivity index (χ3v) is 3.94. The van der Waals surface area contributed by atoms with Crippen molar-refractivity contribution in [3.63, 3.8) is 0 Å². The third kappa shape index (κ3) is 1.85. The van der Waals surface area contributed by atoms with Crippen LogP contribution < -0.4 is 0 Å². The molecule has 13 heavy (non-hydrogen) atoms. The van der Waals surface area contributed by atoms with Crippen LogP contribution >= 0.6 is 27.3 Å². The van der Waals surface area contributed by atoms with E-state index in [1.165, 1.54) is 5.56 Å². The van der Waals surface area contributed by atoms with Gasteiger partial charge in [-0.05, 0) is 34.2 Å². The van der Waals surface area contributed by atoms with Gasteiger partial charge in [-0.1, -0.05) is 0 Å². The van der Waals surface area contributed by atoms with E-state index in [2.05, 4.69) is 21.3 Å². The fourth-order valence-corrected chi connectivity index (χ4v) is 3.11. The van der Waals surface area contributed by atoms with E-state index >= 15 is 0 Å². The standard InChI is InChI=1S/C9H9BrO2S/c10-8-5-13-4-7(8)9-2-1-6(3-11)12-9/h3-6,9H,1-2H2. The largest absolute Gasteiger partial charge is 0.363 e. The van der Waals surface area contributed by atoms with Crippen LogP contribution in [-0.4, -0.2) is 12.4 Å². The van der Waals surface area contributed by atoms with Gasteiger partial charge in [0.1, 0.15) is 12.4 Å². The van der Waals surface area contributed by atoms with E-state index in [0.29, 0.717) is 0 Å². The van der Waals surface area contributed by atoms with Crippen LogP contribution in [0.1, 0.15) is 24.5 Å². The van der Waals surface area contributed by atoms with Crippen molar-refractivity contribution in [2.45, 2.75) is 25.0 Å². The van der Waals surface area contributed by atoms with Gasteiger partial charge in [0.25, 0.3) is 0 Å². The lowest BCUT2D eigenvalue weighted by Crippen LogP contribution is -2.06. The summed E-state index contributed by atoms with van der Waals surface area (Å²) in [5.74, 6) is 0. The van der Waals surface area contributed by atoms with Gasteiger partial charge in [0, 0.05) is 15.4 Å². The Morgan fingerprint density at radius 1 is 1.54 bits per heavy atom. The summed E-state index contributed by atoms with van der Waals surface area (Å²) in [6.45, 7) is 0. The number of hydrogen-bond donors (Lipinski definition) is 0. The summed E-state index contributed by atoms with van der Waals surface area (Å²) < 4.78 is 6.64. The average Bonchev–Trinajstić information content (AvgIpc) is 2.71. The van der Waals surface area contributed by atoms with Crippen LogP contribution in [0.5, 0.6) is 0 Å². The van der Waals surface area contributed by atoms with Crippen molar-refractivity contribution < 1.29 is 9.53 Å². The number of hydrogen-bond acceptors (Lipinski definition) is 3. The summed E-state index contributed by atoms with van der Waals surface area (Å²) >= 11 is 5.11. The van der Waals surface area contributed by atoms with Crippen LogP contribution in [0, 0.1) is 0 Å². The zero-order valence-electron chi connectivity index (χ0n) is 6.90. The monoisotopic (exact) mass is 260 g/mol. The molecule has 0 N–H and O–H groups in total. The second-order valence-electron chi connectivity index (χ2n) is 3.05. The molecular weight excluding hydrogens is 252 g/mol. The van der Waals surface area contributed by atoms with Crippen molar-refractivity contribution in [3.8, 4) is 0 Å². The maximum Gasteiger partial charge on any atom is 0.148 e. The summed E-state index contributed by atoms with van der Waals surface area (Å²) in [6.07, 6.45) is 2.59. The molecule has 2 heterocycles. The van der Waals surface area contributed by atoms with Gasteiger partial charge in [-0.2, -0.15) is 11.3 Å². The van der Waals surface area contributed by atoms with Gasteiger partial charge < -0.3 is 9.53 Å². The maximum absolute atomic E-state index is 10.5. The van der Waals surface area contributed by atoms with Crippen LogP contribution in [0.2, 0.25) is 0 Å². The molecule has 1 saturated heterocycles. The minimum Gasteiger partial charge on any atom is -0.363 e. The zero-order valence-corrected chi connectivity index (χ0v) is 9.31. The molecule has 0 aromatic carbocycles. The Kier molecular flexibility index (Phi) is 2.81. The van der Waals surface area contributed by atoms with Gasteiger partial charge in [-0.25, -0.2) is 0 Å².